The van der Waals surface area contributed by atoms with Gasteiger partial charge in [-0.25, -0.2) is 9.18 Å². The van der Waals surface area contributed by atoms with Crippen molar-refractivity contribution in [3.8, 4) is 0 Å². The fourth-order valence-electron chi connectivity index (χ4n) is 2.35. The summed E-state index contributed by atoms with van der Waals surface area (Å²) < 4.78 is 17.8. The van der Waals surface area contributed by atoms with E-state index in [1.807, 2.05) is 0 Å². The molecule has 0 unspecified atom stereocenters. The van der Waals surface area contributed by atoms with Crippen LogP contribution in [0.3, 0.4) is 0 Å². The first-order valence-corrected chi connectivity index (χ1v) is 7.08. The number of carbonyl (C=O) groups excluding carboxylic acids is 2. The van der Waals surface area contributed by atoms with E-state index < -0.39 is 0 Å². The Bertz CT molecular complexity index is 504. The summed E-state index contributed by atoms with van der Waals surface area (Å²) in [7, 11) is 0. The molecular weight excluding hydrogens is 275 g/mol. The van der Waals surface area contributed by atoms with Crippen molar-refractivity contribution >= 4 is 17.7 Å². The van der Waals surface area contributed by atoms with E-state index in [1.54, 1.807) is 11.8 Å². The third-order valence-electron chi connectivity index (χ3n) is 3.42. The Morgan fingerprint density at radius 1 is 1.38 bits per heavy atom. The van der Waals surface area contributed by atoms with Gasteiger partial charge in [0, 0.05) is 18.8 Å². The van der Waals surface area contributed by atoms with Crippen molar-refractivity contribution in [3.05, 3.63) is 30.1 Å². The van der Waals surface area contributed by atoms with Crippen molar-refractivity contribution in [1.29, 1.82) is 0 Å². The van der Waals surface area contributed by atoms with Crippen LogP contribution in [-0.2, 0) is 9.53 Å². The fourth-order valence-corrected chi connectivity index (χ4v) is 2.35. The standard InChI is InChI=1S/C15H19FN2O3/c1-2-21-14(19)11-4-3-9-18(10-11)15(20)17-13-7-5-12(16)6-8-13/h5-8,11H,2-4,9-10H2,1H3,(H,17,20)/t11-/m1/s1. The summed E-state index contributed by atoms with van der Waals surface area (Å²) in [6.07, 6.45) is 1.50. The second-order valence-electron chi connectivity index (χ2n) is 4.97. The van der Waals surface area contributed by atoms with Gasteiger partial charge in [0.1, 0.15) is 5.82 Å². The molecule has 114 valence electrons. The van der Waals surface area contributed by atoms with E-state index in [1.165, 1.54) is 24.3 Å². The molecule has 0 aliphatic carbocycles. The number of likely N-dealkylation sites (tertiary alicyclic amines) is 1. The zero-order valence-corrected chi connectivity index (χ0v) is 12.0. The Kier molecular flexibility index (Phi) is 5.14. The molecular formula is C15H19FN2O3. The number of benzene rings is 1. The average molecular weight is 294 g/mol. The van der Waals surface area contributed by atoms with Crippen LogP contribution in [-0.4, -0.2) is 36.6 Å². The number of esters is 1. The van der Waals surface area contributed by atoms with Gasteiger partial charge in [0.15, 0.2) is 0 Å². The van der Waals surface area contributed by atoms with Gasteiger partial charge in [0.05, 0.1) is 12.5 Å². The van der Waals surface area contributed by atoms with Crippen LogP contribution in [0.1, 0.15) is 19.8 Å². The number of hydrogen-bond acceptors (Lipinski definition) is 3. The molecule has 6 heteroatoms. The number of amides is 2. The largest absolute Gasteiger partial charge is 0.466 e. The van der Waals surface area contributed by atoms with E-state index in [-0.39, 0.29) is 23.7 Å². The maximum atomic E-state index is 12.8. The Morgan fingerprint density at radius 2 is 2.10 bits per heavy atom. The number of ether oxygens (including phenoxy) is 1. The summed E-state index contributed by atoms with van der Waals surface area (Å²) in [4.78, 5) is 25.5. The monoisotopic (exact) mass is 294 g/mol. The molecule has 1 aliphatic heterocycles. The second kappa shape index (κ2) is 7.06. The third kappa shape index (κ3) is 4.18. The van der Waals surface area contributed by atoms with Crippen molar-refractivity contribution in [2.75, 3.05) is 25.0 Å². The highest BCUT2D eigenvalue weighted by Gasteiger charge is 2.29. The first-order valence-electron chi connectivity index (χ1n) is 7.08. The quantitative estimate of drug-likeness (QED) is 0.872. The minimum Gasteiger partial charge on any atom is -0.466 e. The van der Waals surface area contributed by atoms with E-state index >= 15 is 0 Å². The Morgan fingerprint density at radius 3 is 2.76 bits per heavy atom. The maximum Gasteiger partial charge on any atom is 0.321 e. The van der Waals surface area contributed by atoms with Crippen LogP contribution < -0.4 is 5.32 Å². The lowest BCUT2D eigenvalue weighted by molar-refractivity contribution is -0.149. The lowest BCUT2D eigenvalue weighted by Gasteiger charge is -2.31. The van der Waals surface area contributed by atoms with E-state index in [0.29, 0.717) is 25.4 Å². The third-order valence-corrected chi connectivity index (χ3v) is 3.42. The SMILES string of the molecule is CCOC(=O)[C@@H]1CCCN(C(=O)Nc2ccc(F)cc2)C1. The number of rotatable bonds is 3. The van der Waals surface area contributed by atoms with Gasteiger partial charge in [0.25, 0.3) is 0 Å². The number of piperidine rings is 1. The molecule has 0 aromatic heterocycles. The molecule has 21 heavy (non-hydrogen) atoms. The molecule has 1 atom stereocenters. The molecule has 2 amide bonds. The summed E-state index contributed by atoms with van der Waals surface area (Å²) in [5, 5.41) is 2.70. The van der Waals surface area contributed by atoms with Gasteiger partial charge >= 0.3 is 12.0 Å². The van der Waals surface area contributed by atoms with E-state index in [9.17, 15) is 14.0 Å². The topological polar surface area (TPSA) is 58.6 Å². The van der Waals surface area contributed by atoms with Gasteiger partial charge in [-0.15, -0.1) is 0 Å². The van der Waals surface area contributed by atoms with Crippen LogP contribution in [0.15, 0.2) is 24.3 Å². The predicted molar refractivity (Wildman–Crippen MR) is 76.3 cm³/mol. The van der Waals surface area contributed by atoms with Gasteiger partial charge < -0.3 is 15.0 Å². The minimum atomic E-state index is -0.353. The number of anilines is 1. The number of halogens is 1. The lowest BCUT2D eigenvalue weighted by Crippen LogP contribution is -2.44. The normalized spacial score (nSPS) is 18.2. The smallest absolute Gasteiger partial charge is 0.321 e. The zero-order valence-electron chi connectivity index (χ0n) is 12.0. The maximum absolute atomic E-state index is 12.8. The molecule has 1 fully saturated rings. The van der Waals surface area contributed by atoms with E-state index in [0.717, 1.165) is 12.8 Å². The van der Waals surface area contributed by atoms with Crippen molar-refractivity contribution < 1.29 is 18.7 Å². The highest BCUT2D eigenvalue weighted by Crippen LogP contribution is 2.19. The molecule has 1 aromatic rings. The number of nitrogens with zero attached hydrogens (tertiary/aromatic N) is 1. The van der Waals surface area contributed by atoms with Gasteiger partial charge in [-0.1, -0.05) is 0 Å². The van der Waals surface area contributed by atoms with Gasteiger partial charge in [-0.2, -0.15) is 0 Å². The van der Waals surface area contributed by atoms with Crippen LogP contribution in [0, 0.1) is 11.7 Å². The van der Waals surface area contributed by atoms with Crippen molar-refractivity contribution in [1.82, 2.24) is 4.90 Å². The van der Waals surface area contributed by atoms with Crippen LogP contribution >= 0.6 is 0 Å². The van der Waals surface area contributed by atoms with Crippen LogP contribution in [0.2, 0.25) is 0 Å². The molecule has 1 heterocycles. The van der Waals surface area contributed by atoms with Crippen molar-refractivity contribution in [3.63, 3.8) is 0 Å². The van der Waals surface area contributed by atoms with Gasteiger partial charge in [0.2, 0.25) is 0 Å². The molecule has 5 nitrogen and oxygen atoms in total. The summed E-state index contributed by atoms with van der Waals surface area (Å²) in [5.41, 5.74) is 0.527. The van der Waals surface area contributed by atoms with Crippen LogP contribution in [0.25, 0.3) is 0 Å². The highest BCUT2D eigenvalue weighted by atomic mass is 19.1. The van der Waals surface area contributed by atoms with Crippen LogP contribution in [0.5, 0.6) is 0 Å². The summed E-state index contributed by atoms with van der Waals surface area (Å²) in [5.74, 6) is -0.872. The fraction of sp³-hybridized carbons (Fsp3) is 0.467. The molecule has 2 rings (SSSR count). The first kappa shape index (κ1) is 15.3. The van der Waals surface area contributed by atoms with Crippen molar-refractivity contribution in [2.45, 2.75) is 19.8 Å². The molecule has 1 aromatic carbocycles. The molecule has 1 saturated heterocycles. The highest BCUT2D eigenvalue weighted by molar-refractivity contribution is 5.89. The molecule has 0 saturated carbocycles. The number of hydrogen-bond donors (Lipinski definition) is 1. The second-order valence-corrected chi connectivity index (χ2v) is 4.97. The number of carbonyl (C=O) groups is 2. The summed E-state index contributed by atoms with van der Waals surface area (Å²) >= 11 is 0. The molecule has 0 spiro atoms. The van der Waals surface area contributed by atoms with Crippen molar-refractivity contribution in [2.24, 2.45) is 5.92 Å². The summed E-state index contributed by atoms with van der Waals surface area (Å²) in [6, 6.07) is 5.29. The molecule has 0 radical (unpaired) electrons. The Balaban J connectivity index is 1.92. The van der Waals surface area contributed by atoms with E-state index in [2.05, 4.69) is 5.32 Å². The average Bonchev–Trinajstić information content (AvgIpc) is 2.50. The minimum absolute atomic E-state index is 0.253. The van der Waals surface area contributed by atoms with Gasteiger partial charge in [-0.3, -0.25) is 4.79 Å². The molecule has 1 N–H and O–H groups in total. The first-order chi connectivity index (χ1) is 10.1. The zero-order chi connectivity index (χ0) is 15.2. The molecule has 1 aliphatic rings. The summed E-state index contributed by atoms with van der Waals surface area (Å²) in [6.45, 7) is 3.06. The number of urea groups is 1. The lowest BCUT2D eigenvalue weighted by atomic mass is 9.98. The van der Waals surface area contributed by atoms with E-state index in [4.69, 9.17) is 4.74 Å². The Hall–Kier alpha value is -2.11. The van der Waals surface area contributed by atoms with Gasteiger partial charge in [-0.05, 0) is 44.0 Å². The predicted octanol–water partition coefficient (Wildman–Crippen LogP) is 2.63. The van der Waals surface area contributed by atoms with Crippen LogP contribution in [0.4, 0.5) is 14.9 Å². The number of nitrogens with one attached hydrogen (secondary N) is 1. The Labute approximate surface area is 123 Å². The molecule has 0 bridgehead atoms.